The van der Waals surface area contributed by atoms with Crippen molar-refractivity contribution in [3.63, 3.8) is 0 Å². The molecule has 2 amide bonds. The van der Waals surface area contributed by atoms with Crippen LogP contribution in [0.1, 0.15) is 46.4 Å². The number of benzene rings is 4. The number of aromatic nitrogens is 2. The highest BCUT2D eigenvalue weighted by Crippen LogP contribution is 2.30. The lowest BCUT2D eigenvalue weighted by Gasteiger charge is -2.33. The molecule has 4 aromatic carbocycles. The van der Waals surface area contributed by atoms with E-state index in [1.807, 2.05) is 79.0 Å². The Balaban J connectivity index is 0.000000167. The van der Waals surface area contributed by atoms with Gasteiger partial charge in [-0.05, 0) is 125 Å². The molecule has 0 unspecified atom stereocenters. The summed E-state index contributed by atoms with van der Waals surface area (Å²) in [6.45, 7) is 3.26. The summed E-state index contributed by atoms with van der Waals surface area (Å²) in [5.74, 6) is 1.04. The second-order valence-corrected chi connectivity index (χ2v) is 15.2. The smallest absolute Gasteiger partial charge is 0.254 e. The molecular weight excluding hydrogens is 790 g/mol. The lowest BCUT2D eigenvalue weighted by atomic mass is 10.0. The molecule has 0 aliphatic carbocycles. The summed E-state index contributed by atoms with van der Waals surface area (Å²) in [7, 11) is 0. The zero-order valence-electron chi connectivity index (χ0n) is 29.3. The highest BCUT2D eigenvalue weighted by molar-refractivity contribution is 9.10. The van der Waals surface area contributed by atoms with E-state index in [1.165, 1.54) is 12.1 Å². The van der Waals surface area contributed by atoms with Crippen LogP contribution >= 0.6 is 39.1 Å². The third kappa shape index (κ3) is 8.78. The minimum Gasteiger partial charge on any atom is -0.356 e. The predicted molar refractivity (Wildman–Crippen MR) is 219 cm³/mol. The van der Waals surface area contributed by atoms with Gasteiger partial charge in [0.25, 0.3) is 11.8 Å². The standard InChI is InChI=1S/C21H19BrClN3O.C21H19ClFN3O/c22-19-4-2-1-3-18(19)21(27)25-16-8-11-26(12-9-16)20-17-6-5-15(23)13-14(17)7-10-24-20;22-15-5-6-17-14(13-15)7-10-24-20(17)26-11-8-16(9-12-26)25-21(27)18-3-1-2-4-19(18)23/h2*1-7,10,13,16H,8-9,11-12H2,(H,25,27). The van der Waals surface area contributed by atoms with Gasteiger partial charge >= 0.3 is 0 Å². The van der Waals surface area contributed by atoms with Crippen LogP contribution in [0.25, 0.3) is 21.5 Å². The van der Waals surface area contributed by atoms with Gasteiger partial charge in [0.1, 0.15) is 17.5 Å². The fourth-order valence-electron chi connectivity index (χ4n) is 7.06. The van der Waals surface area contributed by atoms with Crippen molar-refractivity contribution >= 4 is 84.1 Å². The van der Waals surface area contributed by atoms with E-state index in [-0.39, 0.29) is 29.5 Å². The molecule has 2 fully saturated rings. The SMILES string of the molecule is O=C(NC1CCN(c2nccc3cc(Cl)ccc23)CC1)c1ccccc1Br.O=C(NC1CCN(c2nccc3cc(Cl)ccc23)CC1)c1ccccc1F. The molecule has 8 nitrogen and oxygen atoms in total. The van der Waals surface area contributed by atoms with Crippen LogP contribution in [0.4, 0.5) is 16.0 Å². The van der Waals surface area contributed by atoms with Crippen molar-refractivity contribution in [2.75, 3.05) is 36.0 Å². The fourth-order valence-corrected chi connectivity index (χ4v) is 7.88. The van der Waals surface area contributed by atoms with Crippen molar-refractivity contribution < 1.29 is 14.0 Å². The van der Waals surface area contributed by atoms with Crippen LogP contribution in [0.5, 0.6) is 0 Å². The van der Waals surface area contributed by atoms with Crippen molar-refractivity contribution in [2.24, 2.45) is 0 Å². The molecule has 2 N–H and O–H groups in total. The third-order valence-electron chi connectivity index (χ3n) is 9.91. The minimum atomic E-state index is -0.494. The number of hydrogen-bond donors (Lipinski definition) is 2. The number of halogens is 4. The molecule has 2 aliphatic rings. The monoisotopic (exact) mass is 826 g/mol. The van der Waals surface area contributed by atoms with Gasteiger partial charge in [-0.3, -0.25) is 9.59 Å². The molecule has 2 saturated heterocycles. The molecule has 54 heavy (non-hydrogen) atoms. The summed E-state index contributed by atoms with van der Waals surface area (Å²) in [6, 6.07) is 29.4. The van der Waals surface area contributed by atoms with Crippen molar-refractivity contribution in [1.29, 1.82) is 0 Å². The molecular formula is C42H38BrCl2FN6O2. The number of rotatable bonds is 6. The number of carbonyl (C=O) groups is 2. The number of nitrogens with zero attached hydrogens (tertiary/aromatic N) is 4. The van der Waals surface area contributed by atoms with Crippen LogP contribution in [0, 0.1) is 5.82 Å². The third-order valence-corrected chi connectivity index (χ3v) is 11.1. The zero-order chi connectivity index (χ0) is 37.6. The van der Waals surface area contributed by atoms with Gasteiger partial charge in [-0.2, -0.15) is 0 Å². The molecule has 6 aromatic rings. The Morgan fingerprint density at radius 3 is 1.56 bits per heavy atom. The molecule has 8 rings (SSSR count). The van der Waals surface area contributed by atoms with Gasteiger partial charge in [-0.25, -0.2) is 14.4 Å². The maximum Gasteiger partial charge on any atom is 0.254 e. The molecule has 4 heterocycles. The summed E-state index contributed by atoms with van der Waals surface area (Å²) in [6.07, 6.45) is 6.97. The molecule has 2 aliphatic heterocycles. The second kappa shape index (κ2) is 17.1. The molecule has 276 valence electrons. The number of hydrogen-bond acceptors (Lipinski definition) is 6. The summed E-state index contributed by atoms with van der Waals surface area (Å²) in [5, 5.41) is 11.9. The lowest BCUT2D eigenvalue weighted by Crippen LogP contribution is -2.45. The Labute approximate surface area is 331 Å². The summed E-state index contributed by atoms with van der Waals surface area (Å²) in [5.41, 5.74) is 0.764. The van der Waals surface area contributed by atoms with E-state index in [9.17, 15) is 14.0 Å². The Bertz CT molecular complexity index is 2130. The minimum absolute atomic E-state index is 0.0257. The van der Waals surface area contributed by atoms with Crippen LogP contribution in [0.2, 0.25) is 10.0 Å². The van der Waals surface area contributed by atoms with E-state index < -0.39 is 5.82 Å². The number of fused-ring (bicyclic) bond motifs is 2. The van der Waals surface area contributed by atoms with Crippen LogP contribution < -0.4 is 20.4 Å². The van der Waals surface area contributed by atoms with E-state index in [2.05, 4.69) is 46.3 Å². The van der Waals surface area contributed by atoms with Crippen molar-refractivity contribution in [1.82, 2.24) is 20.6 Å². The first-order chi connectivity index (χ1) is 26.2. The average Bonchev–Trinajstić information content (AvgIpc) is 3.18. The first kappa shape index (κ1) is 37.5. The summed E-state index contributed by atoms with van der Waals surface area (Å²) < 4.78 is 14.6. The summed E-state index contributed by atoms with van der Waals surface area (Å²) >= 11 is 15.6. The van der Waals surface area contributed by atoms with E-state index in [0.717, 1.165) is 94.5 Å². The Morgan fingerprint density at radius 1 is 0.630 bits per heavy atom. The van der Waals surface area contributed by atoms with Crippen LogP contribution in [0.3, 0.4) is 0 Å². The molecule has 12 heteroatoms. The largest absolute Gasteiger partial charge is 0.356 e. The van der Waals surface area contributed by atoms with Crippen molar-refractivity contribution in [2.45, 2.75) is 37.8 Å². The van der Waals surface area contributed by atoms with Crippen LogP contribution in [0.15, 0.2) is 114 Å². The van der Waals surface area contributed by atoms with E-state index in [4.69, 9.17) is 23.2 Å². The molecule has 0 radical (unpaired) electrons. The maximum absolute atomic E-state index is 13.8. The highest BCUT2D eigenvalue weighted by atomic mass is 79.9. The van der Waals surface area contributed by atoms with Gasteiger partial charge in [0.2, 0.25) is 0 Å². The Morgan fingerprint density at radius 2 is 1.07 bits per heavy atom. The topological polar surface area (TPSA) is 90.5 Å². The zero-order valence-corrected chi connectivity index (χ0v) is 32.4. The normalized spacial score (nSPS) is 15.1. The van der Waals surface area contributed by atoms with Gasteiger partial charge in [-0.1, -0.05) is 47.5 Å². The average molecular weight is 829 g/mol. The van der Waals surface area contributed by atoms with Gasteiger partial charge < -0.3 is 20.4 Å². The molecule has 0 spiro atoms. The Hall–Kier alpha value is -4.77. The Kier molecular flexibility index (Phi) is 11.9. The number of pyridine rings is 2. The predicted octanol–water partition coefficient (Wildman–Crippen LogP) is 9.48. The highest BCUT2D eigenvalue weighted by Gasteiger charge is 2.25. The van der Waals surface area contributed by atoms with Gasteiger partial charge in [0.05, 0.1) is 11.1 Å². The fraction of sp³-hybridized carbons (Fsp3) is 0.238. The van der Waals surface area contributed by atoms with E-state index in [1.54, 1.807) is 18.3 Å². The molecule has 0 saturated carbocycles. The van der Waals surface area contributed by atoms with Gasteiger partial charge in [0.15, 0.2) is 0 Å². The van der Waals surface area contributed by atoms with Crippen molar-refractivity contribution in [3.05, 3.63) is 141 Å². The molecule has 0 bridgehead atoms. The second-order valence-electron chi connectivity index (χ2n) is 13.4. The molecule has 2 aromatic heterocycles. The maximum atomic E-state index is 13.8. The number of piperidine rings is 2. The van der Waals surface area contributed by atoms with Crippen LogP contribution in [-0.4, -0.2) is 60.0 Å². The van der Waals surface area contributed by atoms with Crippen molar-refractivity contribution in [3.8, 4) is 0 Å². The van der Waals surface area contributed by atoms with E-state index >= 15 is 0 Å². The lowest BCUT2D eigenvalue weighted by molar-refractivity contribution is 0.0920. The van der Waals surface area contributed by atoms with E-state index in [0.29, 0.717) is 10.6 Å². The first-order valence-corrected chi connectivity index (χ1v) is 19.5. The van der Waals surface area contributed by atoms with Gasteiger partial charge in [0, 0.05) is 75.9 Å². The number of carbonyl (C=O) groups excluding carboxylic acids is 2. The van der Waals surface area contributed by atoms with Gasteiger partial charge in [-0.15, -0.1) is 0 Å². The van der Waals surface area contributed by atoms with Crippen LogP contribution in [-0.2, 0) is 0 Å². The number of nitrogens with one attached hydrogen (secondary N) is 2. The first-order valence-electron chi connectivity index (χ1n) is 17.9. The quantitative estimate of drug-likeness (QED) is 0.174. The number of anilines is 2. The summed E-state index contributed by atoms with van der Waals surface area (Å²) in [4.78, 5) is 38.5. The molecule has 0 atom stereocenters. The number of amides is 2.